The van der Waals surface area contributed by atoms with Crippen LogP contribution in [0.15, 0.2) is 42.7 Å². The van der Waals surface area contributed by atoms with Crippen LogP contribution in [0.3, 0.4) is 0 Å². The number of hydrogen-bond acceptors (Lipinski definition) is 5. The zero-order chi connectivity index (χ0) is 19.8. The maximum Gasteiger partial charge on any atom is 0.277 e. The molecule has 0 bridgehead atoms. The third-order valence-electron chi connectivity index (χ3n) is 4.74. The standard InChI is InChI=1S/C19H17Cl2N5O2/c1-22-17-6-11(4-5-23-17)14-8-24-26-13(10-27)9-25(19(28)18(14)26)12-2-3-15(20)16(21)7-12/h2-8,13,27H,9-10H2,1H3,(H,22,23). The maximum absolute atomic E-state index is 13.4. The summed E-state index contributed by atoms with van der Waals surface area (Å²) in [4.78, 5) is 19.2. The second kappa shape index (κ2) is 7.43. The number of carbonyl (C=O) groups excluding carboxylic acids is 1. The van der Waals surface area contributed by atoms with Gasteiger partial charge in [0.2, 0.25) is 0 Å². The average molecular weight is 418 g/mol. The van der Waals surface area contributed by atoms with Gasteiger partial charge in [-0.1, -0.05) is 23.2 Å². The van der Waals surface area contributed by atoms with E-state index in [1.807, 2.05) is 12.1 Å². The average Bonchev–Trinajstić information content (AvgIpc) is 3.16. The molecule has 0 saturated heterocycles. The van der Waals surface area contributed by atoms with Crippen molar-refractivity contribution in [2.24, 2.45) is 0 Å². The van der Waals surface area contributed by atoms with Crippen LogP contribution in [0.5, 0.6) is 0 Å². The Morgan fingerprint density at radius 1 is 1.25 bits per heavy atom. The molecule has 1 amide bonds. The summed E-state index contributed by atoms with van der Waals surface area (Å²) in [6.45, 7) is 0.122. The Morgan fingerprint density at radius 3 is 2.79 bits per heavy atom. The zero-order valence-corrected chi connectivity index (χ0v) is 16.4. The summed E-state index contributed by atoms with van der Waals surface area (Å²) in [5.74, 6) is 0.458. The summed E-state index contributed by atoms with van der Waals surface area (Å²) in [5.41, 5.74) is 2.50. The molecule has 3 heterocycles. The lowest BCUT2D eigenvalue weighted by molar-refractivity contribution is 0.0935. The summed E-state index contributed by atoms with van der Waals surface area (Å²) in [6, 6.07) is 8.32. The minimum Gasteiger partial charge on any atom is -0.394 e. The number of aromatic nitrogens is 3. The first kappa shape index (κ1) is 18.7. The van der Waals surface area contributed by atoms with Crippen molar-refractivity contribution in [2.75, 3.05) is 30.4 Å². The molecule has 1 atom stereocenters. The molecule has 0 fully saturated rings. The van der Waals surface area contributed by atoms with Crippen molar-refractivity contribution in [2.45, 2.75) is 6.04 Å². The number of nitrogens with zero attached hydrogens (tertiary/aromatic N) is 4. The molecule has 144 valence electrons. The Labute approximate surface area is 171 Å². The lowest BCUT2D eigenvalue weighted by Gasteiger charge is -2.33. The van der Waals surface area contributed by atoms with Gasteiger partial charge in [0, 0.05) is 24.5 Å². The molecule has 0 saturated carbocycles. The highest BCUT2D eigenvalue weighted by Crippen LogP contribution is 2.35. The molecule has 1 aliphatic rings. The van der Waals surface area contributed by atoms with Gasteiger partial charge >= 0.3 is 0 Å². The number of rotatable bonds is 4. The molecule has 1 aliphatic heterocycles. The van der Waals surface area contributed by atoms with E-state index in [1.165, 1.54) is 0 Å². The normalized spacial score (nSPS) is 16.2. The second-order valence-electron chi connectivity index (χ2n) is 6.38. The van der Waals surface area contributed by atoms with Crippen LogP contribution in [0.1, 0.15) is 16.5 Å². The predicted molar refractivity (Wildman–Crippen MR) is 109 cm³/mol. The molecule has 0 radical (unpaired) electrons. The molecule has 28 heavy (non-hydrogen) atoms. The third kappa shape index (κ3) is 3.11. The van der Waals surface area contributed by atoms with Gasteiger partial charge in [0.1, 0.15) is 11.5 Å². The second-order valence-corrected chi connectivity index (χ2v) is 7.20. The van der Waals surface area contributed by atoms with Gasteiger partial charge in [-0.3, -0.25) is 9.48 Å². The van der Waals surface area contributed by atoms with Crippen LogP contribution in [-0.2, 0) is 0 Å². The molecule has 2 aromatic heterocycles. The Bertz CT molecular complexity index is 1050. The highest BCUT2D eigenvalue weighted by Gasteiger charge is 2.35. The molecule has 1 unspecified atom stereocenters. The smallest absolute Gasteiger partial charge is 0.277 e. The third-order valence-corrected chi connectivity index (χ3v) is 5.47. The van der Waals surface area contributed by atoms with Crippen molar-refractivity contribution in [3.05, 3.63) is 58.5 Å². The minimum absolute atomic E-state index is 0.155. The molecule has 4 rings (SSSR count). The molecule has 9 heteroatoms. The summed E-state index contributed by atoms with van der Waals surface area (Å²) >= 11 is 12.1. The SMILES string of the molecule is CNc1cc(-c2cnn3c2C(=O)N(c2ccc(Cl)c(Cl)c2)CC3CO)ccn1. The molecular formula is C19H17Cl2N5O2. The first-order valence-electron chi connectivity index (χ1n) is 8.63. The van der Waals surface area contributed by atoms with Crippen LogP contribution < -0.4 is 10.2 Å². The first-order chi connectivity index (χ1) is 13.5. The van der Waals surface area contributed by atoms with E-state index in [-0.39, 0.29) is 25.1 Å². The molecule has 0 aliphatic carbocycles. The van der Waals surface area contributed by atoms with Crippen molar-refractivity contribution in [3.63, 3.8) is 0 Å². The van der Waals surface area contributed by atoms with Crippen molar-refractivity contribution < 1.29 is 9.90 Å². The molecule has 1 aromatic carbocycles. The number of benzene rings is 1. The van der Waals surface area contributed by atoms with Gasteiger partial charge in [0.15, 0.2) is 0 Å². The Morgan fingerprint density at radius 2 is 2.07 bits per heavy atom. The quantitative estimate of drug-likeness (QED) is 0.678. The van der Waals surface area contributed by atoms with Crippen molar-refractivity contribution in [3.8, 4) is 11.1 Å². The van der Waals surface area contributed by atoms with Gasteiger partial charge in [-0.25, -0.2) is 4.98 Å². The van der Waals surface area contributed by atoms with E-state index >= 15 is 0 Å². The van der Waals surface area contributed by atoms with Gasteiger partial charge in [0.25, 0.3) is 5.91 Å². The molecule has 2 N–H and O–H groups in total. The van der Waals surface area contributed by atoms with Gasteiger partial charge in [-0.15, -0.1) is 0 Å². The van der Waals surface area contributed by atoms with E-state index in [0.29, 0.717) is 32.8 Å². The number of fused-ring (bicyclic) bond motifs is 1. The highest BCUT2D eigenvalue weighted by molar-refractivity contribution is 6.42. The summed E-state index contributed by atoms with van der Waals surface area (Å²) in [5, 5.41) is 18.0. The number of anilines is 2. The lowest BCUT2D eigenvalue weighted by Crippen LogP contribution is -2.44. The Hall–Kier alpha value is -2.61. The predicted octanol–water partition coefficient (Wildman–Crippen LogP) is 3.49. The van der Waals surface area contributed by atoms with Crippen LogP contribution in [0.2, 0.25) is 10.0 Å². The summed E-state index contributed by atoms with van der Waals surface area (Å²) < 4.78 is 1.59. The van der Waals surface area contributed by atoms with Crippen LogP contribution in [0, 0.1) is 0 Å². The number of carbonyl (C=O) groups is 1. The van der Waals surface area contributed by atoms with E-state index in [2.05, 4.69) is 15.4 Å². The minimum atomic E-state index is -0.374. The van der Waals surface area contributed by atoms with Crippen molar-refractivity contribution in [1.82, 2.24) is 14.8 Å². The number of halogens is 2. The largest absolute Gasteiger partial charge is 0.394 e. The van der Waals surface area contributed by atoms with Gasteiger partial charge in [0.05, 0.1) is 35.4 Å². The van der Waals surface area contributed by atoms with Gasteiger partial charge < -0.3 is 15.3 Å². The van der Waals surface area contributed by atoms with E-state index in [4.69, 9.17) is 23.2 Å². The van der Waals surface area contributed by atoms with Crippen molar-refractivity contribution in [1.29, 1.82) is 0 Å². The summed E-state index contributed by atoms with van der Waals surface area (Å²) in [7, 11) is 1.78. The number of pyridine rings is 1. The Kier molecular flexibility index (Phi) is 4.97. The molecule has 7 nitrogen and oxygen atoms in total. The number of nitrogens with one attached hydrogen (secondary N) is 1. The Balaban J connectivity index is 1.82. The number of amides is 1. The van der Waals surface area contributed by atoms with E-state index in [9.17, 15) is 9.90 Å². The number of hydrogen-bond donors (Lipinski definition) is 2. The van der Waals surface area contributed by atoms with Crippen LogP contribution >= 0.6 is 23.2 Å². The van der Waals surface area contributed by atoms with Crippen LogP contribution in [0.4, 0.5) is 11.5 Å². The highest BCUT2D eigenvalue weighted by atomic mass is 35.5. The number of aliphatic hydroxyl groups excluding tert-OH is 1. The van der Waals surface area contributed by atoms with E-state index in [0.717, 1.165) is 5.56 Å². The van der Waals surface area contributed by atoms with Gasteiger partial charge in [-0.05, 0) is 35.9 Å². The fourth-order valence-electron chi connectivity index (χ4n) is 3.31. The van der Waals surface area contributed by atoms with Gasteiger partial charge in [-0.2, -0.15) is 5.10 Å². The van der Waals surface area contributed by atoms with Crippen LogP contribution in [-0.4, -0.2) is 46.0 Å². The van der Waals surface area contributed by atoms with Crippen molar-refractivity contribution >= 4 is 40.6 Å². The summed E-state index contributed by atoms with van der Waals surface area (Å²) in [6.07, 6.45) is 3.31. The molecule has 0 spiro atoms. The number of aliphatic hydroxyl groups is 1. The zero-order valence-electron chi connectivity index (χ0n) is 14.9. The maximum atomic E-state index is 13.4. The first-order valence-corrected chi connectivity index (χ1v) is 9.38. The van der Waals surface area contributed by atoms with E-state index < -0.39 is 0 Å². The topological polar surface area (TPSA) is 83.3 Å². The lowest BCUT2D eigenvalue weighted by atomic mass is 10.0. The fourth-order valence-corrected chi connectivity index (χ4v) is 3.60. The monoisotopic (exact) mass is 417 g/mol. The van der Waals surface area contributed by atoms with E-state index in [1.54, 1.807) is 47.2 Å². The molecule has 3 aromatic rings. The fraction of sp³-hybridized carbons (Fsp3) is 0.211. The van der Waals surface area contributed by atoms with Crippen LogP contribution in [0.25, 0.3) is 11.1 Å². The molecular weight excluding hydrogens is 401 g/mol.